The number of aromatic nitrogens is 3. The molecule has 7 nitrogen and oxygen atoms in total. The van der Waals surface area contributed by atoms with Crippen LogP contribution in [0.2, 0.25) is 0 Å². The summed E-state index contributed by atoms with van der Waals surface area (Å²) in [6, 6.07) is 4.52. The van der Waals surface area contributed by atoms with E-state index in [0.717, 1.165) is 12.1 Å². The van der Waals surface area contributed by atoms with E-state index in [9.17, 15) is 23.1 Å². The second-order valence-electron chi connectivity index (χ2n) is 9.71. The van der Waals surface area contributed by atoms with Crippen LogP contribution in [-0.4, -0.2) is 49.5 Å². The first kappa shape index (κ1) is 23.7. The summed E-state index contributed by atoms with van der Waals surface area (Å²) in [5.74, 6) is 0.316. The van der Waals surface area contributed by atoms with Crippen molar-refractivity contribution in [3.05, 3.63) is 47.3 Å². The SMILES string of the molecule is CC(C)N1CC(Cn2cc([C@@H]3CC(O)(c4ccc(C(F)(F)F)cc4)C[C@H](C)N3)nn2)CC1=O. The van der Waals surface area contributed by atoms with Gasteiger partial charge in [0.05, 0.1) is 29.1 Å². The summed E-state index contributed by atoms with van der Waals surface area (Å²) >= 11 is 0. The Morgan fingerprint density at radius 3 is 2.55 bits per heavy atom. The van der Waals surface area contributed by atoms with Crippen LogP contribution in [0.3, 0.4) is 0 Å². The summed E-state index contributed by atoms with van der Waals surface area (Å²) in [5, 5.41) is 23.3. The third kappa shape index (κ3) is 5.06. The minimum absolute atomic E-state index is 0.0757. The molecule has 3 heterocycles. The van der Waals surface area contributed by atoms with Crippen LogP contribution in [0.15, 0.2) is 30.5 Å². The van der Waals surface area contributed by atoms with Gasteiger partial charge in [-0.1, -0.05) is 17.3 Å². The van der Waals surface area contributed by atoms with E-state index in [1.807, 2.05) is 31.9 Å². The number of aliphatic hydroxyl groups is 1. The van der Waals surface area contributed by atoms with E-state index in [-0.39, 0.29) is 36.4 Å². The van der Waals surface area contributed by atoms with E-state index >= 15 is 0 Å². The van der Waals surface area contributed by atoms with Gasteiger partial charge in [0.15, 0.2) is 0 Å². The van der Waals surface area contributed by atoms with E-state index < -0.39 is 17.3 Å². The van der Waals surface area contributed by atoms with Gasteiger partial charge in [0, 0.05) is 43.9 Å². The number of halogens is 3. The standard InChI is InChI=1S/C23H30F3N5O2/c1-14(2)31-12-16(8-21(31)32)11-30-13-20(28-29-30)19-10-22(33,9-15(3)27-19)17-4-6-18(7-5-17)23(24,25)26/h4-7,13-16,19,27,33H,8-12H2,1-3H3/t15-,16?,19-,22?/m0/s1. The van der Waals surface area contributed by atoms with Gasteiger partial charge in [0.25, 0.3) is 0 Å². The number of nitrogens with zero attached hydrogens (tertiary/aromatic N) is 4. The van der Waals surface area contributed by atoms with Gasteiger partial charge in [-0.3, -0.25) is 9.48 Å². The molecule has 0 radical (unpaired) electrons. The highest BCUT2D eigenvalue weighted by atomic mass is 19.4. The van der Waals surface area contributed by atoms with E-state index in [1.165, 1.54) is 12.1 Å². The van der Waals surface area contributed by atoms with Crippen molar-refractivity contribution >= 4 is 5.91 Å². The molecule has 0 bridgehead atoms. The van der Waals surface area contributed by atoms with Crippen LogP contribution < -0.4 is 5.32 Å². The first-order valence-corrected chi connectivity index (χ1v) is 11.3. The average Bonchev–Trinajstić information content (AvgIpc) is 3.33. The summed E-state index contributed by atoms with van der Waals surface area (Å²) in [6.07, 6.45) is -1.46. The second kappa shape index (κ2) is 8.72. The lowest BCUT2D eigenvalue weighted by Gasteiger charge is -2.40. The predicted octanol–water partition coefficient (Wildman–Crippen LogP) is 3.25. The largest absolute Gasteiger partial charge is 0.416 e. The molecule has 180 valence electrons. The molecule has 4 rings (SSSR count). The van der Waals surface area contributed by atoms with Crippen LogP contribution in [0, 0.1) is 5.92 Å². The maximum atomic E-state index is 12.9. The summed E-state index contributed by atoms with van der Waals surface area (Å²) in [7, 11) is 0. The van der Waals surface area contributed by atoms with E-state index in [0.29, 0.717) is 37.2 Å². The maximum Gasteiger partial charge on any atom is 0.416 e. The fraction of sp³-hybridized carbons (Fsp3) is 0.609. The summed E-state index contributed by atoms with van der Waals surface area (Å²) in [5.41, 5.74) is -0.895. The highest BCUT2D eigenvalue weighted by Gasteiger charge is 2.41. The molecule has 2 unspecified atom stereocenters. The number of carbonyl (C=O) groups is 1. The Kier molecular flexibility index (Phi) is 6.26. The highest BCUT2D eigenvalue weighted by molar-refractivity contribution is 5.78. The Hall–Kier alpha value is -2.46. The minimum Gasteiger partial charge on any atom is -0.385 e. The normalized spacial score (nSPS) is 28.7. The zero-order valence-electron chi connectivity index (χ0n) is 19.0. The maximum absolute atomic E-state index is 12.9. The predicted molar refractivity (Wildman–Crippen MR) is 115 cm³/mol. The Morgan fingerprint density at radius 2 is 1.94 bits per heavy atom. The first-order valence-electron chi connectivity index (χ1n) is 11.3. The minimum atomic E-state index is -4.42. The van der Waals surface area contributed by atoms with Crippen molar-refractivity contribution in [1.29, 1.82) is 0 Å². The molecule has 1 aromatic heterocycles. The number of carbonyl (C=O) groups excluding carboxylic acids is 1. The Bertz CT molecular complexity index is 991. The summed E-state index contributed by atoms with van der Waals surface area (Å²) in [4.78, 5) is 14.0. The van der Waals surface area contributed by atoms with Gasteiger partial charge < -0.3 is 15.3 Å². The highest BCUT2D eigenvalue weighted by Crippen LogP contribution is 2.40. The van der Waals surface area contributed by atoms with Crippen LogP contribution in [-0.2, 0) is 23.1 Å². The number of amides is 1. The van der Waals surface area contributed by atoms with Crippen molar-refractivity contribution in [2.24, 2.45) is 5.92 Å². The van der Waals surface area contributed by atoms with Crippen LogP contribution >= 0.6 is 0 Å². The quantitative estimate of drug-likeness (QED) is 0.708. The molecule has 2 aliphatic heterocycles. The number of alkyl halides is 3. The number of nitrogens with one attached hydrogen (secondary N) is 1. The molecule has 2 aromatic rings. The van der Waals surface area contributed by atoms with Crippen molar-refractivity contribution in [3.63, 3.8) is 0 Å². The molecular formula is C23H30F3N5O2. The zero-order valence-corrected chi connectivity index (χ0v) is 19.0. The van der Waals surface area contributed by atoms with Crippen molar-refractivity contribution in [1.82, 2.24) is 25.2 Å². The molecule has 0 saturated carbocycles. The molecule has 10 heteroatoms. The fourth-order valence-corrected chi connectivity index (χ4v) is 5.04. The van der Waals surface area contributed by atoms with Crippen LogP contribution in [0.4, 0.5) is 13.2 Å². The summed E-state index contributed by atoms with van der Waals surface area (Å²) < 4.78 is 40.5. The molecular weight excluding hydrogens is 435 g/mol. The molecule has 1 aromatic carbocycles. The monoisotopic (exact) mass is 465 g/mol. The Balaban J connectivity index is 1.46. The lowest BCUT2D eigenvalue weighted by Crippen LogP contribution is -2.47. The van der Waals surface area contributed by atoms with Gasteiger partial charge in [0.1, 0.15) is 0 Å². The lowest BCUT2D eigenvalue weighted by molar-refractivity contribution is -0.137. The van der Waals surface area contributed by atoms with Gasteiger partial charge in [-0.25, -0.2) is 0 Å². The molecule has 2 aliphatic rings. The third-order valence-corrected chi connectivity index (χ3v) is 6.64. The number of piperidine rings is 1. The van der Waals surface area contributed by atoms with Gasteiger partial charge in [0.2, 0.25) is 5.91 Å². The van der Waals surface area contributed by atoms with Crippen LogP contribution in [0.1, 0.15) is 62.9 Å². The van der Waals surface area contributed by atoms with E-state index in [4.69, 9.17) is 0 Å². The van der Waals surface area contributed by atoms with Gasteiger partial charge >= 0.3 is 6.18 Å². The Morgan fingerprint density at radius 1 is 1.24 bits per heavy atom. The number of hydrogen-bond donors (Lipinski definition) is 2. The molecule has 0 spiro atoms. The van der Waals surface area contributed by atoms with E-state index in [2.05, 4.69) is 15.6 Å². The number of hydrogen-bond acceptors (Lipinski definition) is 5. The molecule has 2 saturated heterocycles. The first-order chi connectivity index (χ1) is 15.4. The lowest BCUT2D eigenvalue weighted by atomic mass is 9.78. The Labute approximate surface area is 191 Å². The average molecular weight is 466 g/mol. The van der Waals surface area contributed by atoms with Gasteiger partial charge in [-0.15, -0.1) is 5.10 Å². The zero-order chi connectivity index (χ0) is 24.0. The van der Waals surface area contributed by atoms with Crippen molar-refractivity contribution < 1.29 is 23.1 Å². The van der Waals surface area contributed by atoms with Crippen molar-refractivity contribution in [2.45, 2.75) is 76.5 Å². The molecule has 4 atom stereocenters. The molecule has 1 amide bonds. The van der Waals surface area contributed by atoms with Crippen molar-refractivity contribution in [3.8, 4) is 0 Å². The molecule has 33 heavy (non-hydrogen) atoms. The van der Waals surface area contributed by atoms with Crippen LogP contribution in [0.25, 0.3) is 0 Å². The number of likely N-dealkylation sites (tertiary alicyclic amines) is 1. The van der Waals surface area contributed by atoms with Crippen LogP contribution in [0.5, 0.6) is 0 Å². The second-order valence-corrected chi connectivity index (χ2v) is 9.71. The van der Waals surface area contributed by atoms with E-state index in [1.54, 1.807) is 4.68 Å². The fourth-order valence-electron chi connectivity index (χ4n) is 5.04. The van der Waals surface area contributed by atoms with Gasteiger partial charge in [-0.05, 0) is 44.9 Å². The topological polar surface area (TPSA) is 83.3 Å². The van der Waals surface area contributed by atoms with Crippen molar-refractivity contribution in [2.75, 3.05) is 6.54 Å². The smallest absolute Gasteiger partial charge is 0.385 e. The van der Waals surface area contributed by atoms with Gasteiger partial charge in [-0.2, -0.15) is 13.2 Å². The third-order valence-electron chi connectivity index (χ3n) is 6.64. The summed E-state index contributed by atoms with van der Waals surface area (Å²) in [6.45, 7) is 7.20. The molecule has 2 N–H and O–H groups in total. The number of benzene rings is 1. The number of rotatable bonds is 5. The molecule has 2 fully saturated rings. The molecule has 0 aliphatic carbocycles.